The first-order valence-electron chi connectivity index (χ1n) is 9.19. The van der Waals surface area contributed by atoms with Crippen LogP contribution >= 0.6 is 11.3 Å². The monoisotopic (exact) mass is 389 g/mol. The van der Waals surface area contributed by atoms with Gasteiger partial charge in [0, 0.05) is 25.8 Å². The van der Waals surface area contributed by atoms with Crippen molar-refractivity contribution in [2.24, 2.45) is 0 Å². The van der Waals surface area contributed by atoms with Gasteiger partial charge in [-0.05, 0) is 44.3 Å². The molecule has 0 aliphatic heterocycles. The molecule has 1 amide bonds. The average Bonchev–Trinajstić information content (AvgIpc) is 3.31. The quantitative estimate of drug-likeness (QED) is 0.590. The maximum absolute atomic E-state index is 13.5. The molecule has 0 saturated carbocycles. The summed E-state index contributed by atoms with van der Waals surface area (Å²) in [6, 6.07) is 6.21. The minimum Gasteiger partial charge on any atom is -0.302 e. The van der Waals surface area contributed by atoms with E-state index >= 15 is 0 Å². The topological polar surface area (TPSA) is 54.3 Å². The number of rotatable bonds is 8. The number of carbonyl (C=O) groups excluding carboxylic acids is 1. The van der Waals surface area contributed by atoms with Gasteiger partial charge >= 0.3 is 0 Å². The van der Waals surface area contributed by atoms with Crippen molar-refractivity contribution in [2.45, 2.75) is 27.3 Å². The first-order chi connectivity index (χ1) is 13.0. The van der Waals surface area contributed by atoms with Crippen molar-refractivity contribution in [3.05, 3.63) is 42.0 Å². The van der Waals surface area contributed by atoms with E-state index in [0.717, 1.165) is 24.3 Å². The Morgan fingerprint density at radius 1 is 1.19 bits per heavy atom. The summed E-state index contributed by atoms with van der Waals surface area (Å²) >= 11 is 1.32. The lowest BCUT2D eigenvalue weighted by Gasteiger charge is -2.24. The summed E-state index contributed by atoms with van der Waals surface area (Å²) in [6.07, 6.45) is 1.80. The van der Waals surface area contributed by atoms with Crippen molar-refractivity contribution in [2.75, 3.05) is 31.1 Å². The maximum Gasteiger partial charge on any atom is 0.280 e. The molecule has 144 valence electrons. The van der Waals surface area contributed by atoms with Gasteiger partial charge in [-0.25, -0.2) is 9.37 Å². The van der Waals surface area contributed by atoms with Gasteiger partial charge in [-0.1, -0.05) is 25.2 Å². The molecule has 3 rings (SSSR count). The zero-order valence-electron chi connectivity index (χ0n) is 15.9. The van der Waals surface area contributed by atoms with Crippen LogP contribution in [0.5, 0.6) is 0 Å². The van der Waals surface area contributed by atoms with Crippen molar-refractivity contribution in [3.8, 4) is 0 Å². The molecule has 1 aromatic carbocycles. The van der Waals surface area contributed by atoms with Gasteiger partial charge in [-0.3, -0.25) is 14.4 Å². The molecule has 0 aliphatic rings. The molecule has 27 heavy (non-hydrogen) atoms. The summed E-state index contributed by atoms with van der Waals surface area (Å²) in [5, 5.41) is 4.91. The fraction of sp³-hybridized carbons (Fsp3) is 0.421. The van der Waals surface area contributed by atoms with Gasteiger partial charge in [0.05, 0.1) is 10.2 Å². The Bertz CT molecular complexity index is 918. The Morgan fingerprint density at radius 2 is 1.96 bits per heavy atom. The second-order valence-electron chi connectivity index (χ2n) is 6.15. The van der Waals surface area contributed by atoms with Crippen LogP contribution in [-0.2, 0) is 6.54 Å². The van der Waals surface area contributed by atoms with E-state index in [1.807, 2.05) is 6.92 Å². The fourth-order valence-corrected chi connectivity index (χ4v) is 3.87. The van der Waals surface area contributed by atoms with Crippen LogP contribution in [0, 0.1) is 5.82 Å². The highest BCUT2D eigenvalue weighted by Crippen LogP contribution is 2.30. The van der Waals surface area contributed by atoms with Crippen molar-refractivity contribution >= 4 is 32.6 Å². The molecular weight excluding hydrogens is 365 g/mol. The first-order valence-corrected chi connectivity index (χ1v) is 10.0. The van der Waals surface area contributed by atoms with Crippen molar-refractivity contribution < 1.29 is 9.18 Å². The molecule has 0 bridgehead atoms. The third kappa shape index (κ3) is 4.33. The van der Waals surface area contributed by atoms with E-state index in [4.69, 9.17) is 0 Å². The lowest BCUT2D eigenvalue weighted by molar-refractivity contribution is 0.0978. The Labute approximate surface area is 162 Å². The van der Waals surface area contributed by atoms with E-state index in [2.05, 4.69) is 28.8 Å². The smallest absolute Gasteiger partial charge is 0.280 e. The zero-order chi connectivity index (χ0) is 19.4. The van der Waals surface area contributed by atoms with Crippen LogP contribution in [-0.4, -0.2) is 51.8 Å². The predicted octanol–water partition coefficient (Wildman–Crippen LogP) is 3.64. The average molecular weight is 390 g/mol. The summed E-state index contributed by atoms with van der Waals surface area (Å²) in [5.74, 6) is -0.491. The third-order valence-corrected chi connectivity index (χ3v) is 5.57. The van der Waals surface area contributed by atoms with Gasteiger partial charge < -0.3 is 4.90 Å². The molecule has 0 spiro atoms. The van der Waals surface area contributed by atoms with Crippen LogP contribution in [0.25, 0.3) is 10.2 Å². The Morgan fingerprint density at radius 3 is 2.63 bits per heavy atom. The molecule has 0 atom stereocenters. The van der Waals surface area contributed by atoms with Crippen molar-refractivity contribution in [1.82, 2.24) is 19.7 Å². The van der Waals surface area contributed by atoms with E-state index < -0.39 is 0 Å². The Hall–Kier alpha value is -2.32. The highest BCUT2D eigenvalue weighted by Gasteiger charge is 2.23. The summed E-state index contributed by atoms with van der Waals surface area (Å²) in [5.41, 5.74) is 1.08. The molecule has 0 radical (unpaired) electrons. The van der Waals surface area contributed by atoms with Gasteiger partial charge in [0.1, 0.15) is 5.82 Å². The number of benzene rings is 1. The molecular formula is C19H24FN5OS. The molecule has 0 N–H and O–H groups in total. The van der Waals surface area contributed by atoms with Crippen molar-refractivity contribution in [1.29, 1.82) is 0 Å². The van der Waals surface area contributed by atoms with E-state index in [0.29, 0.717) is 29.4 Å². The van der Waals surface area contributed by atoms with Crippen LogP contribution in [0.1, 0.15) is 31.3 Å². The van der Waals surface area contributed by atoms with Gasteiger partial charge in [0.2, 0.25) is 0 Å². The number of nitrogens with zero attached hydrogens (tertiary/aromatic N) is 5. The minimum absolute atomic E-state index is 0.186. The molecule has 0 saturated heterocycles. The van der Waals surface area contributed by atoms with Crippen LogP contribution in [0.15, 0.2) is 30.5 Å². The van der Waals surface area contributed by atoms with Gasteiger partial charge in [-0.2, -0.15) is 5.10 Å². The molecule has 0 fully saturated rings. The number of thiazole rings is 1. The number of halogens is 1. The number of carbonyl (C=O) groups is 1. The number of fused-ring (bicyclic) bond motifs is 1. The van der Waals surface area contributed by atoms with Crippen molar-refractivity contribution in [3.63, 3.8) is 0 Å². The number of hydrogen-bond acceptors (Lipinski definition) is 5. The number of hydrogen-bond donors (Lipinski definition) is 0. The SMILES string of the molecule is CCN(CC)CCN(C(=O)c1ccn(CC)n1)c1nc2ccc(F)cc2s1. The van der Waals surface area contributed by atoms with E-state index in [1.165, 1.54) is 23.5 Å². The lowest BCUT2D eigenvalue weighted by Crippen LogP contribution is -2.39. The highest BCUT2D eigenvalue weighted by molar-refractivity contribution is 7.22. The normalized spacial score (nSPS) is 11.4. The highest BCUT2D eigenvalue weighted by atomic mass is 32.1. The second-order valence-corrected chi connectivity index (χ2v) is 7.16. The third-order valence-electron chi connectivity index (χ3n) is 4.53. The summed E-state index contributed by atoms with van der Waals surface area (Å²) < 4.78 is 16.0. The molecule has 3 aromatic rings. The predicted molar refractivity (Wildman–Crippen MR) is 107 cm³/mol. The molecule has 0 unspecified atom stereocenters. The van der Waals surface area contributed by atoms with E-state index in [-0.39, 0.29) is 11.7 Å². The van der Waals surface area contributed by atoms with Crippen LogP contribution in [0.3, 0.4) is 0 Å². The number of amides is 1. The number of likely N-dealkylation sites (N-methyl/N-ethyl adjacent to an activating group) is 1. The van der Waals surface area contributed by atoms with E-state index in [1.54, 1.807) is 27.9 Å². The summed E-state index contributed by atoms with van der Waals surface area (Å²) in [7, 11) is 0. The summed E-state index contributed by atoms with van der Waals surface area (Å²) in [6.45, 7) is 9.92. The lowest BCUT2D eigenvalue weighted by atomic mass is 10.3. The maximum atomic E-state index is 13.5. The zero-order valence-corrected chi connectivity index (χ0v) is 16.7. The largest absolute Gasteiger partial charge is 0.302 e. The van der Waals surface area contributed by atoms with Gasteiger partial charge in [0.25, 0.3) is 5.91 Å². The number of anilines is 1. The summed E-state index contributed by atoms with van der Waals surface area (Å²) in [4.78, 5) is 21.6. The Kier molecular flexibility index (Phi) is 6.18. The molecule has 0 aliphatic carbocycles. The van der Waals surface area contributed by atoms with Gasteiger partial charge in [0.15, 0.2) is 10.8 Å². The molecule has 2 heterocycles. The molecule has 6 nitrogen and oxygen atoms in total. The standard InChI is InChI=1S/C19H24FN5OS/c1-4-23(5-2)11-12-25(18(26)16-9-10-24(6-3)22-16)19-21-15-8-7-14(20)13-17(15)27-19/h7-10,13H,4-6,11-12H2,1-3H3. The van der Waals surface area contributed by atoms with Crippen LogP contribution < -0.4 is 4.90 Å². The Balaban J connectivity index is 1.93. The number of aromatic nitrogens is 3. The first kappa shape index (κ1) is 19.4. The van der Waals surface area contributed by atoms with Crippen LogP contribution in [0.4, 0.5) is 9.52 Å². The van der Waals surface area contributed by atoms with Crippen LogP contribution in [0.2, 0.25) is 0 Å². The molecule has 8 heteroatoms. The fourth-order valence-electron chi connectivity index (χ4n) is 2.86. The van der Waals surface area contributed by atoms with Gasteiger partial charge in [-0.15, -0.1) is 0 Å². The van der Waals surface area contributed by atoms with E-state index in [9.17, 15) is 9.18 Å². The minimum atomic E-state index is -0.305. The molecule has 2 aromatic heterocycles. The number of aryl methyl sites for hydroxylation is 1. The second kappa shape index (κ2) is 8.58.